The monoisotopic (exact) mass is 268 g/mol. The second-order valence-corrected chi connectivity index (χ2v) is 4.99. The zero-order valence-corrected chi connectivity index (χ0v) is 10.7. The number of nitrogens with one attached hydrogen (secondary N) is 1. The number of carbonyl (C=O) groups excluding carboxylic acids is 1. The van der Waals surface area contributed by atoms with E-state index in [1.807, 2.05) is 0 Å². The molecule has 1 aromatic carbocycles. The highest BCUT2D eigenvalue weighted by Gasteiger charge is 2.27. The lowest BCUT2D eigenvalue weighted by atomic mass is 9.96. The van der Waals surface area contributed by atoms with Gasteiger partial charge in [0.2, 0.25) is 0 Å². The van der Waals surface area contributed by atoms with Crippen LogP contribution in [-0.2, 0) is 0 Å². The van der Waals surface area contributed by atoms with E-state index >= 15 is 0 Å². The summed E-state index contributed by atoms with van der Waals surface area (Å²) in [7, 11) is 0. The molecule has 0 saturated heterocycles. The van der Waals surface area contributed by atoms with Crippen molar-refractivity contribution < 1.29 is 13.6 Å². The number of benzene rings is 1. The van der Waals surface area contributed by atoms with Gasteiger partial charge in [0.15, 0.2) is 0 Å². The minimum absolute atomic E-state index is 0.309. The molecule has 19 heavy (non-hydrogen) atoms. The minimum atomic E-state index is -0.834. The summed E-state index contributed by atoms with van der Waals surface area (Å²) in [6, 6.07) is 3.40. The third-order valence-electron chi connectivity index (χ3n) is 3.83. The molecule has 2 rings (SSSR count). The molecule has 0 aliphatic heterocycles. The van der Waals surface area contributed by atoms with Crippen LogP contribution < -0.4 is 11.1 Å². The van der Waals surface area contributed by atoms with Gasteiger partial charge < -0.3 is 11.1 Å². The van der Waals surface area contributed by atoms with Crippen molar-refractivity contribution in [3.05, 3.63) is 35.4 Å². The maximum atomic E-state index is 13.4. The van der Waals surface area contributed by atoms with Crippen LogP contribution in [-0.4, -0.2) is 19.0 Å². The van der Waals surface area contributed by atoms with E-state index < -0.39 is 23.1 Å². The van der Waals surface area contributed by atoms with Gasteiger partial charge >= 0.3 is 0 Å². The zero-order valence-electron chi connectivity index (χ0n) is 10.7. The number of amides is 1. The summed E-state index contributed by atoms with van der Waals surface area (Å²) < 4.78 is 26.8. The van der Waals surface area contributed by atoms with Crippen molar-refractivity contribution in [3.63, 3.8) is 0 Å². The van der Waals surface area contributed by atoms with Gasteiger partial charge in [-0.25, -0.2) is 8.78 Å². The standard InChI is InChI=1S/C14H18F2N2O/c15-11-5-2-6-12(16)13(11)14(19)18-8-10-4-1-3-9(10)7-17/h2,5-6,9-10H,1,3-4,7-8,17H2,(H,18,19). The first-order valence-electron chi connectivity index (χ1n) is 6.55. The highest BCUT2D eigenvalue weighted by Crippen LogP contribution is 2.30. The van der Waals surface area contributed by atoms with E-state index in [4.69, 9.17) is 5.73 Å². The fourth-order valence-corrected chi connectivity index (χ4v) is 2.72. The molecule has 0 bridgehead atoms. The summed E-state index contributed by atoms with van der Waals surface area (Å²) in [5.41, 5.74) is 5.15. The van der Waals surface area contributed by atoms with Gasteiger partial charge in [-0.3, -0.25) is 4.79 Å². The SMILES string of the molecule is NCC1CCCC1CNC(=O)c1c(F)cccc1F. The van der Waals surface area contributed by atoms with Crippen LogP contribution >= 0.6 is 0 Å². The molecular formula is C14H18F2N2O. The van der Waals surface area contributed by atoms with E-state index in [-0.39, 0.29) is 0 Å². The Balaban J connectivity index is 1.98. The van der Waals surface area contributed by atoms with Crippen molar-refractivity contribution in [3.8, 4) is 0 Å². The summed E-state index contributed by atoms with van der Waals surface area (Å²) in [6.45, 7) is 1.02. The van der Waals surface area contributed by atoms with Crippen molar-refractivity contribution >= 4 is 5.91 Å². The van der Waals surface area contributed by atoms with Crippen LogP contribution in [0.1, 0.15) is 29.6 Å². The Morgan fingerprint density at radius 3 is 2.53 bits per heavy atom. The van der Waals surface area contributed by atoms with Gasteiger partial charge in [-0.05, 0) is 43.4 Å². The van der Waals surface area contributed by atoms with Gasteiger partial charge in [-0.2, -0.15) is 0 Å². The van der Waals surface area contributed by atoms with Crippen LogP contribution in [0.3, 0.4) is 0 Å². The molecule has 5 heteroatoms. The summed E-state index contributed by atoms with van der Waals surface area (Å²) in [4.78, 5) is 11.8. The second-order valence-electron chi connectivity index (χ2n) is 4.99. The van der Waals surface area contributed by atoms with Gasteiger partial charge in [0.1, 0.15) is 17.2 Å². The van der Waals surface area contributed by atoms with E-state index in [0.29, 0.717) is 24.9 Å². The average molecular weight is 268 g/mol. The van der Waals surface area contributed by atoms with Gasteiger partial charge in [0.05, 0.1) is 0 Å². The second kappa shape index (κ2) is 6.10. The predicted octanol–water partition coefficient (Wildman–Crippen LogP) is 2.07. The number of nitrogens with two attached hydrogens (primary N) is 1. The molecular weight excluding hydrogens is 250 g/mol. The average Bonchev–Trinajstić information content (AvgIpc) is 2.83. The summed E-state index contributed by atoms with van der Waals surface area (Å²) in [5, 5.41) is 2.61. The number of hydrogen-bond acceptors (Lipinski definition) is 2. The smallest absolute Gasteiger partial charge is 0.257 e. The Kier molecular flexibility index (Phi) is 4.47. The number of carbonyl (C=O) groups is 1. The summed E-state index contributed by atoms with van der Waals surface area (Å²) in [5.74, 6) is -1.66. The lowest BCUT2D eigenvalue weighted by Gasteiger charge is -2.18. The molecule has 3 N–H and O–H groups in total. The Morgan fingerprint density at radius 1 is 1.26 bits per heavy atom. The third kappa shape index (κ3) is 3.10. The summed E-state index contributed by atoms with van der Waals surface area (Å²) in [6.07, 6.45) is 3.16. The van der Waals surface area contributed by atoms with Gasteiger partial charge in [-0.15, -0.1) is 0 Å². The van der Waals surface area contributed by atoms with Crippen molar-refractivity contribution in [1.29, 1.82) is 0 Å². The zero-order chi connectivity index (χ0) is 13.8. The largest absolute Gasteiger partial charge is 0.352 e. The van der Waals surface area contributed by atoms with Crippen LogP contribution in [0, 0.1) is 23.5 Å². The van der Waals surface area contributed by atoms with E-state index in [0.717, 1.165) is 31.4 Å². The highest BCUT2D eigenvalue weighted by molar-refractivity contribution is 5.94. The number of hydrogen-bond donors (Lipinski definition) is 2. The van der Waals surface area contributed by atoms with Crippen LogP contribution in [0.2, 0.25) is 0 Å². The van der Waals surface area contributed by atoms with E-state index in [9.17, 15) is 13.6 Å². The van der Waals surface area contributed by atoms with Crippen LogP contribution in [0.15, 0.2) is 18.2 Å². The summed E-state index contributed by atoms with van der Waals surface area (Å²) >= 11 is 0. The molecule has 104 valence electrons. The molecule has 2 atom stereocenters. The predicted molar refractivity (Wildman–Crippen MR) is 68.6 cm³/mol. The van der Waals surface area contributed by atoms with Gasteiger partial charge in [-0.1, -0.05) is 12.5 Å². The molecule has 2 unspecified atom stereocenters. The maximum absolute atomic E-state index is 13.4. The van der Waals surface area contributed by atoms with Crippen LogP contribution in [0.25, 0.3) is 0 Å². The molecule has 1 amide bonds. The lowest BCUT2D eigenvalue weighted by Crippen LogP contribution is -2.33. The number of rotatable bonds is 4. The lowest BCUT2D eigenvalue weighted by molar-refractivity contribution is 0.0935. The first-order chi connectivity index (χ1) is 9.13. The molecule has 1 saturated carbocycles. The molecule has 0 aromatic heterocycles. The fourth-order valence-electron chi connectivity index (χ4n) is 2.72. The normalized spacial score (nSPS) is 22.5. The molecule has 0 heterocycles. The van der Waals surface area contributed by atoms with Crippen molar-refractivity contribution in [1.82, 2.24) is 5.32 Å². The molecule has 1 aliphatic rings. The van der Waals surface area contributed by atoms with E-state index in [2.05, 4.69) is 5.32 Å². The van der Waals surface area contributed by atoms with Crippen molar-refractivity contribution in [2.75, 3.05) is 13.1 Å². The Hall–Kier alpha value is -1.49. The van der Waals surface area contributed by atoms with E-state index in [1.54, 1.807) is 0 Å². The molecule has 0 radical (unpaired) electrons. The molecule has 0 spiro atoms. The van der Waals surface area contributed by atoms with Gasteiger partial charge in [0.25, 0.3) is 5.91 Å². The Labute approximate surface area is 111 Å². The fraction of sp³-hybridized carbons (Fsp3) is 0.500. The molecule has 1 fully saturated rings. The third-order valence-corrected chi connectivity index (χ3v) is 3.83. The topological polar surface area (TPSA) is 55.1 Å². The molecule has 3 nitrogen and oxygen atoms in total. The first-order valence-corrected chi connectivity index (χ1v) is 6.55. The quantitative estimate of drug-likeness (QED) is 0.878. The number of halogens is 2. The van der Waals surface area contributed by atoms with E-state index in [1.165, 1.54) is 6.07 Å². The first kappa shape index (κ1) is 13.9. The molecule has 1 aromatic rings. The van der Waals surface area contributed by atoms with Crippen molar-refractivity contribution in [2.24, 2.45) is 17.6 Å². The Bertz CT molecular complexity index is 445. The van der Waals surface area contributed by atoms with Gasteiger partial charge in [0, 0.05) is 6.54 Å². The van der Waals surface area contributed by atoms with Crippen molar-refractivity contribution in [2.45, 2.75) is 19.3 Å². The molecule has 1 aliphatic carbocycles. The van der Waals surface area contributed by atoms with Crippen LogP contribution in [0.5, 0.6) is 0 Å². The van der Waals surface area contributed by atoms with Crippen LogP contribution in [0.4, 0.5) is 8.78 Å². The highest BCUT2D eigenvalue weighted by atomic mass is 19.1. The maximum Gasteiger partial charge on any atom is 0.257 e. The Morgan fingerprint density at radius 2 is 1.89 bits per heavy atom. The minimum Gasteiger partial charge on any atom is -0.352 e.